The van der Waals surface area contributed by atoms with Crippen LogP contribution in [-0.2, 0) is 10.0 Å². The van der Waals surface area contributed by atoms with Crippen LogP contribution in [0.2, 0.25) is 0 Å². The molecular formula is C16H20F3N5O2S. The first kappa shape index (κ1) is 18.5. The van der Waals surface area contributed by atoms with Gasteiger partial charge in [-0.3, -0.25) is 0 Å². The minimum atomic E-state index is -4.74. The summed E-state index contributed by atoms with van der Waals surface area (Å²) in [4.78, 5) is 13.7. The van der Waals surface area contributed by atoms with E-state index in [0.717, 1.165) is 15.5 Å². The average molecular weight is 403 g/mol. The van der Waals surface area contributed by atoms with Gasteiger partial charge in [0.05, 0.1) is 5.39 Å². The fourth-order valence-electron chi connectivity index (χ4n) is 4.31. The van der Waals surface area contributed by atoms with E-state index in [4.69, 9.17) is 0 Å². The maximum Gasteiger partial charge on any atom is 0.404 e. The second-order valence-corrected chi connectivity index (χ2v) is 9.63. The molecule has 2 fully saturated rings. The molecule has 2 aliphatic heterocycles. The molecule has 0 spiro atoms. The summed E-state index contributed by atoms with van der Waals surface area (Å²) in [6.07, 6.45) is -0.791. The Balaban J connectivity index is 1.57. The van der Waals surface area contributed by atoms with E-state index >= 15 is 0 Å². The molecule has 2 aliphatic rings. The highest BCUT2D eigenvalue weighted by Gasteiger charge is 2.51. The van der Waals surface area contributed by atoms with E-state index in [-0.39, 0.29) is 19.0 Å². The summed E-state index contributed by atoms with van der Waals surface area (Å²) in [6, 6.07) is 1.88. The largest absolute Gasteiger partial charge is 0.404 e. The molecule has 0 amide bonds. The molecule has 0 radical (unpaired) electrons. The van der Waals surface area contributed by atoms with Gasteiger partial charge in [-0.25, -0.2) is 22.7 Å². The maximum atomic E-state index is 12.6. The van der Waals surface area contributed by atoms with Crippen molar-refractivity contribution in [1.29, 1.82) is 0 Å². The van der Waals surface area contributed by atoms with Gasteiger partial charge in [0.25, 0.3) is 0 Å². The van der Waals surface area contributed by atoms with Gasteiger partial charge >= 0.3 is 6.18 Å². The maximum absolute atomic E-state index is 12.6. The molecule has 2 aromatic heterocycles. The lowest BCUT2D eigenvalue weighted by Crippen LogP contribution is -2.47. The Morgan fingerprint density at radius 3 is 2.85 bits per heavy atom. The van der Waals surface area contributed by atoms with Crippen LogP contribution in [0.25, 0.3) is 11.0 Å². The highest BCUT2D eigenvalue weighted by Crippen LogP contribution is 2.44. The van der Waals surface area contributed by atoms with Crippen LogP contribution >= 0.6 is 0 Å². The zero-order valence-corrected chi connectivity index (χ0v) is 15.5. The Kier molecular flexibility index (Phi) is 4.15. The molecule has 0 saturated carbocycles. The van der Waals surface area contributed by atoms with Gasteiger partial charge in [-0.15, -0.1) is 0 Å². The highest BCUT2D eigenvalue weighted by molar-refractivity contribution is 7.89. The van der Waals surface area contributed by atoms with Crippen LogP contribution in [0.1, 0.15) is 13.3 Å². The molecule has 0 bridgehead atoms. The Labute approximate surface area is 154 Å². The molecule has 2 atom stereocenters. The minimum Gasteiger partial charge on any atom is -0.355 e. The second kappa shape index (κ2) is 6.06. The highest BCUT2D eigenvalue weighted by atomic mass is 32.2. The number of aromatic nitrogens is 3. The van der Waals surface area contributed by atoms with Crippen molar-refractivity contribution in [2.45, 2.75) is 19.5 Å². The summed E-state index contributed by atoms with van der Waals surface area (Å²) in [5.41, 5.74) is 0.290. The average Bonchev–Trinajstić information content (AvgIpc) is 3.15. The summed E-state index contributed by atoms with van der Waals surface area (Å²) < 4.78 is 63.3. The lowest BCUT2D eigenvalue weighted by Gasteiger charge is -2.42. The third-order valence-electron chi connectivity index (χ3n) is 5.62. The number of anilines is 1. The number of hydrogen-bond acceptors (Lipinski definition) is 5. The van der Waals surface area contributed by atoms with Crippen LogP contribution in [0.5, 0.6) is 0 Å². The minimum absolute atomic E-state index is 0.0281. The molecule has 11 heteroatoms. The van der Waals surface area contributed by atoms with Crippen molar-refractivity contribution in [2.75, 3.05) is 36.8 Å². The lowest BCUT2D eigenvalue weighted by molar-refractivity contribution is -0.107. The molecule has 4 heterocycles. The first-order chi connectivity index (χ1) is 12.6. The van der Waals surface area contributed by atoms with Gasteiger partial charge in [-0.05, 0) is 18.4 Å². The summed E-state index contributed by atoms with van der Waals surface area (Å²) in [5, 5.41) is 0.874. The van der Waals surface area contributed by atoms with E-state index in [2.05, 4.69) is 19.9 Å². The Bertz CT molecular complexity index is 960. The van der Waals surface area contributed by atoms with Crippen molar-refractivity contribution in [3.05, 3.63) is 18.6 Å². The first-order valence-electron chi connectivity index (χ1n) is 8.65. The van der Waals surface area contributed by atoms with E-state index in [1.165, 1.54) is 6.33 Å². The molecule has 2 aromatic rings. The summed E-state index contributed by atoms with van der Waals surface area (Å²) in [7, 11) is -4.36. The van der Waals surface area contributed by atoms with Crippen molar-refractivity contribution < 1.29 is 21.6 Å². The SMILES string of the molecule is C[C@@]12CN(c3ncnc4[nH]ccc34)CC[C@@H]1CN(S(=O)(=O)CC(F)(F)F)C2. The third-order valence-corrected chi connectivity index (χ3v) is 7.38. The first-order valence-corrected chi connectivity index (χ1v) is 10.3. The molecule has 0 aromatic carbocycles. The monoisotopic (exact) mass is 403 g/mol. The van der Waals surface area contributed by atoms with Crippen LogP contribution in [0.3, 0.4) is 0 Å². The number of sulfonamides is 1. The lowest BCUT2D eigenvalue weighted by atomic mass is 9.75. The van der Waals surface area contributed by atoms with E-state index in [9.17, 15) is 21.6 Å². The molecule has 27 heavy (non-hydrogen) atoms. The Morgan fingerprint density at radius 1 is 1.33 bits per heavy atom. The van der Waals surface area contributed by atoms with Crippen molar-refractivity contribution in [1.82, 2.24) is 19.3 Å². The van der Waals surface area contributed by atoms with E-state index < -0.39 is 27.4 Å². The number of alkyl halides is 3. The molecule has 0 aliphatic carbocycles. The number of halogens is 3. The molecule has 2 saturated heterocycles. The van der Waals surface area contributed by atoms with Gasteiger partial charge < -0.3 is 9.88 Å². The van der Waals surface area contributed by atoms with E-state index in [1.807, 2.05) is 13.0 Å². The number of rotatable bonds is 3. The molecule has 148 valence electrons. The number of nitrogens with one attached hydrogen (secondary N) is 1. The van der Waals surface area contributed by atoms with Gasteiger partial charge in [-0.1, -0.05) is 6.92 Å². The normalized spacial score (nSPS) is 27.3. The second-order valence-electron chi connectivity index (χ2n) is 7.66. The summed E-state index contributed by atoms with van der Waals surface area (Å²) in [5.74, 6) is -1.01. The van der Waals surface area contributed by atoms with E-state index in [0.29, 0.717) is 25.2 Å². The summed E-state index contributed by atoms with van der Waals surface area (Å²) >= 11 is 0. The zero-order chi connectivity index (χ0) is 19.4. The summed E-state index contributed by atoms with van der Waals surface area (Å²) in [6.45, 7) is 3.39. The smallest absolute Gasteiger partial charge is 0.355 e. The van der Waals surface area contributed by atoms with Crippen molar-refractivity contribution in [2.24, 2.45) is 11.3 Å². The van der Waals surface area contributed by atoms with Crippen LogP contribution in [-0.4, -0.2) is 65.8 Å². The van der Waals surface area contributed by atoms with Gasteiger partial charge in [0.15, 0.2) is 5.75 Å². The Morgan fingerprint density at radius 2 is 2.11 bits per heavy atom. The fourth-order valence-corrected chi connectivity index (χ4v) is 5.80. The predicted molar refractivity (Wildman–Crippen MR) is 93.7 cm³/mol. The topological polar surface area (TPSA) is 82.2 Å². The van der Waals surface area contributed by atoms with Crippen LogP contribution < -0.4 is 4.90 Å². The van der Waals surface area contributed by atoms with Crippen LogP contribution in [0.4, 0.5) is 19.0 Å². The van der Waals surface area contributed by atoms with Crippen molar-refractivity contribution in [3.8, 4) is 0 Å². The van der Waals surface area contributed by atoms with Gasteiger partial charge in [0.1, 0.15) is 17.8 Å². The van der Waals surface area contributed by atoms with Crippen molar-refractivity contribution >= 4 is 26.9 Å². The number of nitrogens with zero attached hydrogens (tertiary/aromatic N) is 4. The van der Waals surface area contributed by atoms with Gasteiger partial charge in [-0.2, -0.15) is 13.2 Å². The van der Waals surface area contributed by atoms with E-state index in [1.54, 1.807) is 6.20 Å². The van der Waals surface area contributed by atoms with Crippen LogP contribution in [0, 0.1) is 11.3 Å². The molecule has 4 rings (SSSR count). The molecule has 0 unspecified atom stereocenters. The third kappa shape index (κ3) is 3.38. The molecule has 7 nitrogen and oxygen atoms in total. The standard InChI is InChI=1S/C16H20F3N5O2S/c1-15-7-23(14-12-2-4-20-13(12)21-10-22-14)5-3-11(15)6-24(8-15)27(25,26)9-16(17,18)19/h2,4,10-11H,3,5-9H2,1H3,(H,20,21,22)/t11-,15+/m1/s1. The number of piperidine rings is 1. The number of aromatic amines is 1. The van der Waals surface area contributed by atoms with Gasteiger partial charge in [0.2, 0.25) is 10.0 Å². The Hall–Kier alpha value is -1.88. The van der Waals surface area contributed by atoms with Gasteiger partial charge in [0, 0.05) is 37.8 Å². The fraction of sp³-hybridized carbons (Fsp3) is 0.625. The number of hydrogen-bond donors (Lipinski definition) is 1. The molecule has 1 N–H and O–H groups in total. The quantitative estimate of drug-likeness (QED) is 0.848. The predicted octanol–water partition coefficient (Wildman–Crippen LogP) is 2.00. The zero-order valence-electron chi connectivity index (χ0n) is 14.7. The molecular weight excluding hydrogens is 383 g/mol. The number of H-pyrrole nitrogens is 1. The number of fused-ring (bicyclic) bond motifs is 2. The van der Waals surface area contributed by atoms with Crippen LogP contribution in [0.15, 0.2) is 18.6 Å². The van der Waals surface area contributed by atoms with Crippen molar-refractivity contribution in [3.63, 3.8) is 0 Å².